The van der Waals surface area contributed by atoms with Crippen molar-refractivity contribution in [1.82, 2.24) is 9.78 Å². The maximum atomic E-state index is 12.1. The average Bonchev–Trinajstić information content (AvgIpc) is 3.28. The summed E-state index contributed by atoms with van der Waals surface area (Å²) >= 11 is 1.39. The van der Waals surface area contributed by atoms with Crippen molar-refractivity contribution in [3.05, 3.63) is 66.1 Å². The number of amides is 1. The van der Waals surface area contributed by atoms with Crippen LogP contribution in [-0.2, 0) is 4.79 Å². The fourth-order valence-electron chi connectivity index (χ4n) is 2.23. The summed E-state index contributed by atoms with van der Waals surface area (Å²) in [6, 6.07) is 15.0. The van der Waals surface area contributed by atoms with Crippen molar-refractivity contribution in [3.8, 4) is 11.8 Å². The van der Waals surface area contributed by atoms with Gasteiger partial charge in [-0.2, -0.15) is 5.26 Å². The maximum absolute atomic E-state index is 12.1. The Bertz CT molecular complexity index is 938. The standard InChI is InChI=1S/C18H14N4O2S/c1-25-18-15(12-19)17(21-22(18)13-6-3-2-4-7-13)20-16(23)10-9-14-8-5-11-24-14/h2-11H,1H3,(H,20,21,23)/b10-9+. The van der Waals surface area contributed by atoms with Crippen LogP contribution in [-0.4, -0.2) is 21.9 Å². The molecule has 0 aliphatic heterocycles. The molecular formula is C18H14N4O2S. The van der Waals surface area contributed by atoms with Crippen molar-refractivity contribution >= 4 is 29.6 Å². The highest BCUT2D eigenvalue weighted by molar-refractivity contribution is 7.98. The SMILES string of the molecule is CSc1c(C#N)c(NC(=O)/C=C/c2ccco2)nn1-c1ccccc1. The fourth-order valence-corrected chi connectivity index (χ4v) is 2.89. The molecule has 3 rings (SSSR count). The lowest BCUT2D eigenvalue weighted by Gasteiger charge is -2.04. The third-order valence-electron chi connectivity index (χ3n) is 3.33. The average molecular weight is 350 g/mol. The van der Waals surface area contributed by atoms with E-state index in [-0.39, 0.29) is 5.82 Å². The van der Waals surface area contributed by atoms with Gasteiger partial charge >= 0.3 is 0 Å². The molecule has 0 saturated heterocycles. The summed E-state index contributed by atoms with van der Waals surface area (Å²) in [6.07, 6.45) is 6.27. The molecule has 0 saturated carbocycles. The van der Waals surface area contributed by atoms with Gasteiger partial charge in [0.1, 0.15) is 22.4 Å². The minimum absolute atomic E-state index is 0.227. The molecule has 1 N–H and O–H groups in total. The first-order chi connectivity index (χ1) is 12.2. The Kier molecular flexibility index (Phi) is 5.02. The Morgan fingerprint density at radius 3 is 2.76 bits per heavy atom. The lowest BCUT2D eigenvalue weighted by molar-refractivity contribution is -0.111. The summed E-state index contributed by atoms with van der Waals surface area (Å²) in [5, 5.41) is 17.2. The number of anilines is 1. The van der Waals surface area contributed by atoms with Gasteiger partial charge in [-0.25, -0.2) is 4.68 Å². The minimum atomic E-state index is -0.390. The van der Waals surface area contributed by atoms with Gasteiger partial charge in [0.25, 0.3) is 0 Å². The Morgan fingerprint density at radius 1 is 1.32 bits per heavy atom. The Morgan fingerprint density at radius 2 is 2.12 bits per heavy atom. The molecule has 0 bridgehead atoms. The first kappa shape index (κ1) is 16.6. The van der Waals surface area contributed by atoms with Gasteiger partial charge in [-0.15, -0.1) is 16.9 Å². The predicted octanol–water partition coefficient (Wildman–Crippen LogP) is 3.71. The molecule has 25 heavy (non-hydrogen) atoms. The van der Waals surface area contributed by atoms with Crippen LogP contribution in [0.1, 0.15) is 11.3 Å². The Hall–Kier alpha value is -3.24. The second kappa shape index (κ2) is 7.55. The molecule has 0 unspecified atom stereocenters. The largest absolute Gasteiger partial charge is 0.465 e. The van der Waals surface area contributed by atoms with Gasteiger partial charge in [-0.3, -0.25) is 4.79 Å². The van der Waals surface area contributed by atoms with E-state index in [9.17, 15) is 10.1 Å². The van der Waals surface area contributed by atoms with E-state index in [4.69, 9.17) is 4.42 Å². The number of rotatable bonds is 5. The summed E-state index contributed by atoms with van der Waals surface area (Å²) in [7, 11) is 0. The number of thioether (sulfide) groups is 1. The Labute approximate surface area is 148 Å². The normalized spacial score (nSPS) is 10.7. The molecule has 7 heteroatoms. The van der Waals surface area contributed by atoms with Crippen molar-refractivity contribution < 1.29 is 9.21 Å². The van der Waals surface area contributed by atoms with Gasteiger partial charge in [-0.05, 0) is 36.6 Å². The molecule has 0 spiro atoms. The van der Waals surface area contributed by atoms with Crippen molar-refractivity contribution in [2.24, 2.45) is 0 Å². The Balaban J connectivity index is 1.90. The number of hydrogen-bond acceptors (Lipinski definition) is 5. The summed E-state index contributed by atoms with van der Waals surface area (Å²) in [5.41, 5.74) is 1.14. The first-order valence-corrected chi connectivity index (χ1v) is 8.60. The monoisotopic (exact) mass is 350 g/mol. The van der Waals surface area contributed by atoms with E-state index in [0.717, 1.165) is 5.69 Å². The van der Waals surface area contributed by atoms with Gasteiger partial charge in [0.15, 0.2) is 5.82 Å². The molecule has 0 atom stereocenters. The molecule has 2 heterocycles. The number of para-hydroxylation sites is 1. The number of furan rings is 1. The highest BCUT2D eigenvalue weighted by atomic mass is 32.2. The van der Waals surface area contributed by atoms with Gasteiger partial charge in [0.05, 0.1) is 12.0 Å². The van der Waals surface area contributed by atoms with E-state index < -0.39 is 5.91 Å². The van der Waals surface area contributed by atoms with Crippen LogP contribution < -0.4 is 5.32 Å². The van der Waals surface area contributed by atoms with Crippen molar-refractivity contribution in [2.75, 3.05) is 11.6 Å². The quantitative estimate of drug-likeness (QED) is 0.560. The van der Waals surface area contributed by atoms with Gasteiger partial charge in [0.2, 0.25) is 5.91 Å². The third kappa shape index (κ3) is 3.65. The van der Waals surface area contributed by atoms with Crippen molar-refractivity contribution in [3.63, 3.8) is 0 Å². The molecule has 2 aromatic heterocycles. The molecule has 1 aromatic carbocycles. The number of carbonyl (C=O) groups is 1. The molecular weight excluding hydrogens is 336 g/mol. The van der Waals surface area contributed by atoms with Crippen molar-refractivity contribution in [1.29, 1.82) is 5.26 Å². The van der Waals surface area contributed by atoms with Gasteiger partial charge in [-0.1, -0.05) is 18.2 Å². The van der Waals surface area contributed by atoms with E-state index in [0.29, 0.717) is 16.3 Å². The number of nitrogens with one attached hydrogen (secondary N) is 1. The first-order valence-electron chi connectivity index (χ1n) is 7.38. The van der Waals surface area contributed by atoms with Crippen molar-refractivity contribution in [2.45, 2.75) is 5.03 Å². The van der Waals surface area contributed by atoms with Crippen LogP contribution in [0.15, 0.2) is 64.2 Å². The molecule has 124 valence electrons. The molecule has 1 amide bonds. The number of nitrogens with zero attached hydrogens (tertiary/aromatic N) is 3. The summed E-state index contributed by atoms with van der Waals surface area (Å²) in [4.78, 5) is 12.1. The molecule has 6 nitrogen and oxygen atoms in total. The summed E-state index contributed by atoms with van der Waals surface area (Å²) < 4.78 is 6.78. The molecule has 0 fully saturated rings. The number of carbonyl (C=O) groups excluding carboxylic acids is 1. The van der Waals surface area contributed by atoms with Crippen LogP contribution in [0.3, 0.4) is 0 Å². The second-order valence-electron chi connectivity index (χ2n) is 4.93. The van der Waals surface area contributed by atoms with Gasteiger partial charge < -0.3 is 9.73 Å². The number of benzene rings is 1. The zero-order chi connectivity index (χ0) is 17.6. The second-order valence-corrected chi connectivity index (χ2v) is 5.72. The molecule has 0 aliphatic rings. The number of nitriles is 1. The van der Waals surface area contributed by atoms with Crippen LogP contribution >= 0.6 is 11.8 Å². The van der Waals surface area contributed by atoms with E-state index in [1.54, 1.807) is 22.9 Å². The van der Waals surface area contributed by atoms with E-state index in [1.165, 1.54) is 24.1 Å². The van der Waals surface area contributed by atoms with Crippen LogP contribution in [0.4, 0.5) is 5.82 Å². The highest BCUT2D eigenvalue weighted by Crippen LogP contribution is 2.29. The predicted molar refractivity (Wildman–Crippen MR) is 96.4 cm³/mol. The lowest BCUT2D eigenvalue weighted by atomic mass is 10.3. The molecule has 0 radical (unpaired) electrons. The van der Waals surface area contributed by atoms with Crippen LogP contribution in [0.25, 0.3) is 11.8 Å². The smallest absolute Gasteiger partial charge is 0.249 e. The molecule has 3 aromatic rings. The van der Waals surface area contributed by atoms with E-state index in [1.807, 2.05) is 36.6 Å². The van der Waals surface area contributed by atoms with E-state index in [2.05, 4.69) is 16.5 Å². The fraction of sp³-hybridized carbons (Fsp3) is 0.0556. The minimum Gasteiger partial charge on any atom is -0.465 e. The zero-order valence-electron chi connectivity index (χ0n) is 13.3. The van der Waals surface area contributed by atoms with Crippen LogP contribution in [0.5, 0.6) is 0 Å². The van der Waals surface area contributed by atoms with E-state index >= 15 is 0 Å². The third-order valence-corrected chi connectivity index (χ3v) is 4.10. The number of aromatic nitrogens is 2. The maximum Gasteiger partial charge on any atom is 0.249 e. The van der Waals surface area contributed by atoms with Gasteiger partial charge in [0, 0.05) is 6.08 Å². The van der Waals surface area contributed by atoms with Crippen LogP contribution in [0, 0.1) is 11.3 Å². The summed E-state index contributed by atoms with van der Waals surface area (Å²) in [6.45, 7) is 0. The lowest BCUT2D eigenvalue weighted by Crippen LogP contribution is -2.09. The summed E-state index contributed by atoms with van der Waals surface area (Å²) in [5.74, 6) is 0.401. The molecule has 0 aliphatic carbocycles. The highest BCUT2D eigenvalue weighted by Gasteiger charge is 2.19. The van der Waals surface area contributed by atoms with Crippen LogP contribution in [0.2, 0.25) is 0 Å². The zero-order valence-corrected chi connectivity index (χ0v) is 14.2. The number of hydrogen-bond donors (Lipinski definition) is 1. The topological polar surface area (TPSA) is 83.8 Å².